The predicted octanol–water partition coefficient (Wildman–Crippen LogP) is 1.85. The van der Waals surface area contributed by atoms with E-state index in [2.05, 4.69) is 0 Å². The Hall–Kier alpha value is -0.950. The van der Waals surface area contributed by atoms with E-state index in [1.807, 2.05) is 12.1 Å². The second-order valence-corrected chi connectivity index (χ2v) is 2.81. The van der Waals surface area contributed by atoms with Gasteiger partial charge in [0.25, 0.3) is 0 Å². The molecule has 0 aliphatic carbocycles. The first-order valence-corrected chi connectivity index (χ1v) is 4.07. The molecular formula is C6H5O3P. The van der Waals surface area contributed by atoms with E-state index < -0.39 is 8.25 Å². The van der Waals surface area contributed by atoms with Gasteiger partial charge < -0.3 is 9.05 Å². The van der Waals surface area contributed by atoms with Gasteiger partial charge in [-0.1, -0.05) is 12.1 Å². The monoisotopic (exact) mass is 156 g/mol. The van der Waals surface area contributed by atoms with Crippen molar-refractivity contribution in [2.45, 2.75) is 0 Å². The summed E-state index contributed by atoms with van der Waals surface area (Å²) in [5.74, 6) is 1.15. The molecule has 10 heavy (non-hydrogen) atoms. The summed E-state index contributed by atoms with van der Waals surface area (Å²) in [7, 11) is -2.26. The van der Waals surface area contributed by atoms with E-state index in [9.17, 15) is 4.57 Å². The summed E-state index contributed by atoms with van der Waals surface area (Å²) >= 11 is 0. The van der Waals surface area contributed by atoms with Crippen molar-refractivity contribution in [3.05, 3.63) is 24.3 Å². The molecule has 0 fully saturated rings. The highest BCUT2D eigenvalue weighted by atomic mass is 31.1. The zero-order valence-corrected chi connectivity index (χ0v) is 6.03. The van der Waals surface area contributed by atoms with E-state index >= 15 is 0 Å². The van der Waals surface area contributed by atoms with Crippen LogP contribution in [0.15, 0.2) is 24.3 Å². The SMILES string of the molecule is O=[PH]1Oc2ccccc2O1. The van der Waals surface area contributed by atoms with Crippen LogP contribution in [0.1, 0.15) is 0 Å². The highest BCUT2D eigenvalue weighted by molar-refractivity contribution is 7.34. The molecular weight excluding hydrogens is 151 g/mol. The van der Waals surface area contributed by atoms with Gasteiger partial charge in [-0.2, -0.15) is 0 Å². The molecule has 0 spiro atoms. The van der Waals surface area contributed by atoms with E-state index in [-0.39, 0.29) is 0 Å². The number of fused-ring (bicyclic) bond motifs is 1. The van der Waals surface area contributed by atoms with Gasteiger partial charge in [0.2, 0.25) is 0 Å². The lowest BCUT2D eigenvalue weighted by atomic mass is 10.3. The van der Waals surface area contributed by atoms with Crippen LogP contribution in [0.3, 0.4) is 0 Å². The molecule has 0 radical (unpaired) electrons. The first kappa shape index (κ1) is 5.81. The van der Waals surface area contributed by atoms with Gasteiger partial charge in [-0.3, -0.25) is 0 Å². The van der Waals surface area contributed by atoms with Crippen LogP contribution in [-0.4, -0.2) is 0 Å². The summed E-state index contributed by atoms with van der Waals surface area (Å²) in [5, 5.41) is 0. The molecule has 0 bridgehead atoms. The molecule has 0 saturated carbocycles. The van der Waals surface area contributed by atoms with Gasteiger partial charge in [0.1, 0.15) is 0 Å². The lowest BCUT2D eigenvalue weighted by Gasteiger charge is -1.88. The van der Waals surface area contributed by atoms with Crippen molar-refractivity contribution in [1.29, 1.82) is 0 Å². The fourth-order valence-corrected chi connectivity index (χ4v) is 1.56. The van der Waals surface area contributed by atoms with Crippen LogP contribution >= 0.6 is 8.25 Å². The third-order valence-corrected chi connectivity index (χ3v) is 2.01. The van der Waals surface area contributed by atoms with Gasteiger partial charge in [0, 0.05) is 0 Å². The number of benzene rings is 1. The minimum atomic E-state index is -2.26. The van der Waals surface area contributed by atoms with Gasteiger partial charge >= 0.3 is 8.25 Å². The molecule has 0 amide bonds. The van der Waals surface area contributed by atoms with E-state index in [4.69, 9.17) is 9.05 Å². The standard InChI is InChI=1S/C6H5O3P/c7-10-8-5-3-1-2-4-6(5)9-10/h1-4,10H. The number of para-hydroxylation sites is 2. The number of rotatable bonds is 0. The molecule has 0 N–H and O–H groups in total. The maximum Gasteiger partial charge on any atom is 0.419 e. The molecule has 0 atom stereocenters. The molecule has 0 saturated heterocycles. The summed E-state index contributed by atoms with van der Waals surface area (Å²) in [5.41, 5.74) is 0. The average Bonchev–Trinajstić information content (AvgIpc) is 2.27. The molecule has 1 aromatic carbocycles. The van der Waals surface area contributed by atoms with Crippen LogP contribution in [0.25, 0.3) is 0 Å². The third kappa shape index (κ3) is 0.792. The molecule has 1 aliphatic heterocycles. The second-order valence-electron chi connectivity index (χ2n) is 1.90. The lowest BCUT2D eigenvalue weighted by Crippen LogP contribution is -1.69. The van der Waals surface area contributed by atoms with Crippen LogP contribution in [-0.2, 0) is 4.57 Å². The van der Waals surface area contributed by atoms with Crippen molar-refractivity contribution in [3.8, 4) is 11.5 Å². The summed E-state index contributed by atoms with van der Waals surface area (Å²) in [4.78, 5) is 0. The van der Waals surface area contributed by atoms with Gasteiger partial charge in [0.05, 0.1) is 0 Å². The van der Waals surface area contributed by atoms with Crippen LogP contribution < -0.4 is 9.05 Å². The Morgan fingerprint density at radius 3 is 2.10 bits per heavy atom. The summed E-state index contributed by atoms with van der Waals surface area (Å²) in [6.45, 7) is 0. The Balaban J connectivity index is 2.51. The van der Waals surface area contributed by atoms with Crippen molar-refractivity contribution in [3.63, 3.8) is 0 Å². The molecule has 1 aliphatic rings. The molecule has 52 valence electrons. The maximum absolute atomic E-state index is 10.6. The average molecular weight is 156 g/mol. The summed E-state index contributed by atoms with van der Waals surface area (Å²) in [6, 6.07) is 7.07. The molecule has 4 heteroatoms. The molecule has 1 heterocycles. The van der Waals surface area contributed by atoms with Crippen molar-refractivity contribution in [2.24, 2.45) is 0 Å². The Kier molecular flexibility index (Phi) is 1.18. The third-order valence-electron chi connectivity index (χ3n) is 1.24. The van der Waals surface area contributed by atoms with Crippen LogP contribution in [0, 0.1) is 0 Å². The Bertz CT molecular complexity index is 257. The molecule has 1 aromatic rings. The predicted molar refractivity (Wildman–Crippen MR) is 36.7 cm³/mol. The Labute approximate surface area is 58.5 Å². The van der Waals surface area contributed by atoms with Crippen molar-refractivity contribution < 1.29 is 13.6 Å². The van der Waals surface area contributed by atoms with Gasteiger partial charge in [0.15, 0.2) is 11.5 Å². The first-order valence-electron chi connectivity index (χ1n) is 2.85. The van der Waals surface area contributed by atoms with Crippen molar-refractivity contribution >= 4 is 8.25 Å². The minimum Gasteiger partial charge on any atom is -0.414 e. The zero-order valence-electron chi connectivity index (χ0n) is 5.03. The first-order chi connectivity index (χ1) is 4.86. The summed E-state index contributed by atoms with van der Waals surface area (Å²) < 4.78 is 20.3. The van der Waals surface area contributed by atoms with Crippen molar-refractivity contribution in [1.82, 2.24) is 0 Å². The van der Waals surface area contributed by atoms with Gasteiger partial charge in [-0.15, -0.1) is 0 Å². The van der Waals surface area contributed by atoms with Crippen LogP contribution in [0.4, 0.5) is 0 Å². The van der Waals surface area contributed by atoms with E-state index in [0.717, 1.165) is 0 Å². The fraction of sp³-hybridized carbons (Fsp3) is 0. The maximum atomic E-state index is 10.6. The molecule has 0 aromatic heterocycles. The smallest absolute Gasteiger partial charge is 0.414 e. The highest BCUT2D eigenvalue weighted by Crippen LogP contribution is 2.44. The van der Waals surface area contributed by atoms with Gasteiger partial charge in [-0.05, 0) is 12.1 Å². The zero-order chi connectivity index (χ0) is 6.97. The quantitative estimate of drug-likeness (QED) is 0.537. The van der Waals surface area contributed by atoms with Crippen molar-refractivity contribution in [2.75, 3.05) is 0 Å². The second kappa shape index (κ2) is 2.03. The highest BCUT2D eigenvalue weighted by Gasteiger charge is 2.17. The van der Waals surface area contributed by atoms with Crippen LogP contribution in [0.2, 0.25) is 0 Å². The number of hydrogen-bond donors (Lipinski definition) is 0. The van der Waals surface area contributed by atoms with Gasteiger partial charge in [-0.25, -0.2) is 4.57 Å². The van der Waals surface area contributed by atoms with Crippen LogP contribution in [0.5, 0.6) is 11.5 Å². The van der Waals surface area contributed by atoms with E-state index in [0.29, 0.717) is 11.5 Å². The molecule has 0 unspecified atom stereocenters. The topological polar surface area (TPSA) is 35.5 Å². The fourth-order valence-electron chi connectivity index (χ4n) is 0.819. The Morgan fingerprint density at radius 2 is 1.60 bits per heavy atom. The normalized spacial score (nSPS) is 15.6. The molecule has 2 rings (SSSR count). The lowest BCUT2D eigenvalue weighted by molar-refractivity contribution is 0.461. The number of hydrogen-bond acceptors (Lipinski definition) is 3. The Morgan fingerprint density at radius 1 is 1.10 bits per heavy atom. The summed E-state index contributed by atoms with van der Waals surface area (Å²) in [6.07, 6.45) is 0. The van der Waals surface area contributed by atoms with E-state index in [1.165, 1.54) is 0 Å². The minimum absolute atomic E-state index is 0.575. The largest absolute Gasteiger partial charge is 0.419 e. The van der Waals surface area contributed by atoms with E-state index in [1.54, 1.807) is 12.1 Å². The molecule has 3 nitrogen and oxygen atoms in total.